The minimum Gasteiger partial charge on any atom is -1.00 e. The van der Waals surface area contributed by atoms with Crippen LogP contribution in [0.3, 0.4) is 0 Å². The van der Waals surface area contributed by atoms with E-state index in [1.165, 1.54) is 0 Å². The summed E-state index contributed by atoms with van der Waals surface area (Å²) in [6.45, 7) is 0.949. The molecule has 1 aromatic carbocycles. The zero-order valence-electron chi connectivity index (χ0n) is 11.6. The van der Waals surface area contributed by atoms with Gasteiger partial charge in [-0.15, -0.1) is 0 Å². The molecule has 3 nitrogen and oxygen atoms in total. The normalized spacial score (nSPS) is 9.76. The van der Waals surface area contributed by atoms with Crippen molar-refractivity contribution in [2.75, 3.05) is 5.32 Å². The molecule has 0 spiro atoms. The van der Waals surface area contributed by atoms with Gasteiger partial charge in [0.2, 0.25) is 5.91 Å². The van der Waals surface area contributed by atoms with Gasteiger partial charge in [-0.3, -0.25) is 4.79 Å². The first-order valence-corrected chi connectivity index (χ1v) is 7.53. The number of unbranched alkanes of at least 4 members (excludes halogenated alkanes) is 1. The third-order valence-corrected chi connectivity index (χ3v) is 3.45. The minimum atomic E-state index is 0. The highest BCUT2D eigenvalue weighted by Gasteiger charge is 2.04. The number of halogens is 2. The van der Waals surface area contributed by atoms with E-state index in [0.29, 0.717) is 6.42 Å². The Kier molecular flexibility index (Phi) is 8.23. The number of pyridine rings is 1. The summed E-state index contributed by atoms with van der Waals surface area (Å²) in [5.41, 5.74) is 0.835. The van der Waals surface area contributed by atoms with E-state index in [9.17, 15) is 4.79 Å². The second-order valence-corrected chi connectivity index (χ2v) is 5.54. The first-order valence-electron chi connectivity index (χ1n) is 6.73. The van der Waals surface area contributed by atoms with E-state index < -0.39 is 0 Å². The predicted molar refractivity (Wildman–Crippen MR) is 83.3 cm³/mol. The van der Waals surface area contributed by atoms with Gasteiger partial charge in [-0.2, -0.15) is 0 Å². The Morgan fingerprint density at radius 1 is 1.10 bits per heavy atom. The van der Waals surface area contributed by atoms with E-state index in [1.54, 1.807) is 0 Å². The first-order chi connectivity index (χ1) is 9.74. The SMILES string of the molecule is O=C(CCCC[n+]1ccccc1)Nc1cccc(Br)c1.[Br-]. The predicted octanol–water partition coefficient (Wildman–Crippen LogP) is 0.550. The quantitative estimate of drug-likeness (QED) is 0.544. The van der Waals surface area contributed by atoms with Crippen molar-refractivity contribution in [3.63, 3.8) is 0 Å². The van der Waals surface area contributed by atoms with Gasteiger partial charge in [0.1, 0.15) is 6.54 Å². The lowest BCUT2D eigenvalue weighted by Crippen LogP contribution is -3.00. The van der Waals surface area contributed by atoms with Gasteiger partial charge in [0.05, 0.1) is 0 Å². The molecular weight excluding hydrogens is 396 g/mol. The van der Waals surface area contributed by atoms with E-state index in [0.717, 1.165) is 29.5 Å². The summed E-state index contributed by atoms with van der Waals surface area (Å²) in [4.78, 5) is 11.8. The zero-order valence-corrected chi connectivity index (χ0v) is 14.8. The summed E-state index contributed by atoms with van der Waals surface area (Å²) in [5, 5.41) is 2.91. The van der Waals surface area contributed by atoms with E-state index in [2.05, 4.69) is 25.8 Å². The van der Waals surface area contributed by atoms with Crippen LogP contribution in [-0.4, -0.2) is 5.91 Å². The van der Waals surface area contributed by atoms with Crippen molar-refractivity contribution in [1.82, 2.24) is 0 Å². The van der Waals surface area contributed by atoms with Crippen LogP contribution in [0.5, 0.6) is 0 Å². The molecule has 2 aromatic rings. The Balaban J connectivity index is 0.00000220. The maximum atomic E-state index is 11.8. The second-order valence-electron chi connectivity index (χ2n) is 4.63. The Labute approximate surface area is 144 Å². The lowest BCUT2D eigenvalue weighted by molar-refractivity contribution is -0.697. The summed E-state index contributed by atoms with van der Waals surface area (Å²) < 4.78 is 3.10. The van der Waals surface area contributed by atoms with Gasteiger partial charge >= 0.3 is 0 Å². The molecule has 0 saturated heterocycles. The lowest BCUT2D eigenvalue weighted by Gasteiger charge is -2.05. The molecule has 0 bridgehead atoms. The molecule has 0 radical (unpaired) electrons. The number of amides is 1. The standard InChI is InChI=1S/C16H17BrN2O.BrH/c17-14-7-6-8-15(13-14)18-16(20)9-2-5-12-19-10-3-1-4-11-19;/h1,3-4,6-8,10-11,13H,2,5,9,12H2;1H. The van der Waals surface area contributed by atoms with E-state index in [4.69, 9.17) is 0 Å². The van der Waals surface area contributed by atoms with E-state index in [-0.39, 0.29) is 22.9 Å². The molecule has 0 fully saturated rings. The molecule has 1 heterocycles. The maximum Gasteiger partial charge on any atom is 0.224 e. The summed E-state index contributed by atoms with van der Waals surface area (Å²) in [7, 11) is 0. The van der Waals surface area contributed by atoms with Gasteiger partial charge in [-0.1, -0.05) is 28.1 Å². The molecule has 21 heavy (non-hydrogen) atoms. The van der Waals surface area contributed by atoms with Crippen LogP contribution in [0.15, 0.2) is 59.3 Å². The highest BCUT2D eigenvalue weighted by atomic mass is 79.9. The van der Waals surface area contributed by atoms with E-state index in [1.807, 2.05) is 54.9 Å². The van der Waals surface area contributed by atoms with Crippen molar-refractivity contribution in [3.05, 3.63) is 59.3 Å². The largest absolute Gasteiger partial charge is 1.00 e. The van der Waals surface area contributed by atoms with Crippen LogP contribution in [-0.2, 0) is 11.3 Å². The van der Waals surface area contributed by atoms with Crippen molar-refractivity contribution in [3.8, 4) is 0 Å². The molecule has 2 rings (SSSR count). The van der Waals surface area contributed by atoms with Crippen LogP contribution in [0.2, 0.25) is 0 Å². The van der Waals surface area contributed by atoms with Crippen LogP contribution < -0.4 is 26.9 Å². The molecule has 0 aliphatic carbocycles. The topological polar surface area (TPSA) is 33.0 Å². The summed E-state index contributed by atoms with van der Waals surface area (Å²) in [6.07, 6.45) is 6.53. The number of aryl methyl sites for hydroxylation is 1. The molecule has 0 aliphatic heterocycles. The van der Waals surface area contributed by atoms with Gasteiger partial charge in [0.25, 0.3) is 0 Å². The van der Waals surface area contributed by atoms with Crippen molar-refractivity contribution >= 4 is 27.5 Å². The highest BCUT2D eigenvalue weighted by Crippen LogP contribution is 2.15. The number of carbonyl (C=O) groups excluding carboxylic acids is 1. The fourth-order valence-corrected chi connectivity index (χ4v) is 2.35. The summed E-state index contributed by atoms with van der Waals surface area (Å²) in [5.74, 6) is 0.0705. The van der Waals surface area contributed by atoms with Crippen molar-refractivity contribution < 1.29 is 26.3 Å². The average Bonchev–Trinajstić information content (AvgIpc) is 2.45. The maximum absolute atomic E-state index is 11.8. The number of hydrogen-bond acceptors (Lipinski definition) is 1. The number of anilines is 1. The third-order valence-electron chi connectivity index (χ3n) is 2.96. The van der Waals surface area contributed by atoms with Gasteiger partial charge in [0.15, 0.2) is 12.4 Å². The minimum absolute atomic E-state index is 0. The van der Waals surface area contributed by atoms with Crippen molar-refractivity contribution in [2.45, 2.75) is 25.8 Å². The van der Waals surface area contributed by atoms with Crippen LogP contribution in [0.4, 0.5) is 5.69 Å². The number of aromatic nitrogens is 1. The molecule has 1 amide bonds. The first kappa shape index (κ1) is 17.9. The molecule has 0 aliphatic rings. The van der Waals surface area contributed by atoms with Gasteiger partial charge in [-0.05, 0) is 24.6 Å². The molecule has 0 saturated carbocycles. The van der Waals surface area contributed by atoms with E-state index >= 15 is 0 Å². The van der Waals surface area contributed by atoms with Gasteiger partial charge < -0.3 is 22.3 Å². The van der Waals surface area contributed by atoms with Crippen LogP contribution >= 0.6 is 15.9 Å². The fraction of sp³-hybridized carbons (Fsp3) is 0.250. The smallest absolute Gasteiger partial charge is 0.224 e. The Morgan fingerprint density at radius 3 is 2.57 bits per heavy atom. The molecule has 112 valence electrons. The molecule has 1 N–H and O–H groups in total. The number of rotatable bonds is 6. The number of benzene rings is 1. The van der Waals surface area contributed by atoms with Crippen molar-refractivity contribution in [2.24, 2.45) is 0 Å². The van der Waals surface area contributed by atoms with Crippen LogP contribution in [0.1, 0.15) is 19.3 Å². The molecule has 0 unspecified atom stereocenters. The second kappa shape index (κ2) is 9.68. The molecule has 0 atom stereocenters. The van der Waals surface area contributed by atoms with Crippen LogP contribution in [0, 0.1) is 0 Å². The summed E-state index contributed by atoms with van der Waals surface area (Å²) in [6, 6.07) is 13.7. The number of hydrogen-bond donors (Lipinski definition) is 1. The molecule has 1 aromatic heterocycles. The Bertz CT molecular complexity index is 561. The Hall–Kier alpha value is -1.20. The molecular formula is C16H18Br2N2O. The number of carbonyl (C=O) groups is 1. The number of nitrogens with zero attached hydrogens (tertiary/aromatic N) is 1. The summed E-state index contributed by atoms with van der Waals surface area (Å²) >= 11 is 3.39. The van der Waals surface area contributed by atoms with Gasteiger partial charge in [-0.25, -0.2) is 4.57 Å². The van der Waals surface area contributed by atoms with Gasteiger partial charge in [0, 0.05) is 35.1 Å². The average molecular weight is 414 g/mol. The van der Waals surface area contributed by atoms with Crippen LogP contribution in [0.25, 0.3) is 0 Å². The fourth-order valence-electron chi connectivity index (χ4n) is 1.95. The number of nitrogens with one attached hydrogen (secondary N) is 1. The zero-order chi connectivity index (χ0) is 14.2. The van der Waals surface area contributed by atoms with Crippen molar-refractivity contribution in [1.29, 1.82) is 0 Å². The molecule has 5 heteroatoms. The highest BCUT2D eigenvalue weighted by molar-refractivity contribution is 9.10. The third kappa shape index (κ3) is 6.87. The lowest BCUT2D eigenvalue weighted by atomic mass is 10.2. The monoisotopic (exact) mass is 412 g/mol. The Morgan fingerprint density at radius 2 is 1.86 bits per heavy atom.